The quantitative estimate of drug-likeness (QED) is 0.278. The second kappa shape index (κ2) is 12.1. The SMILES string of the molecule is CCCCCCCCCc1n(Cc2ccc(C(=O)O)cc2)cc[n+]1Cc1ccccc1. The van der Waals surface area contributed by atoms with E-state index in [9.17, 15) is 4.79 Å². The first kappa shape index (κ1) is 22.8. The molecule has 0 saturated heterocycles. The van der Waals surface area contributed by atoms with Crippen molar-refractivity contribution >= 4 is 5.97 Å². The van der Waals surface area contributed by atoms with Crippen LogP contribution in [0.5, 0.6) is 0 Å². The lowest BCUT2D eigenvalue weighted by Gasteiger charge is -2.07. The molecule has 3 rings (SSSR count). The number of nitrogens with zero attached hydrogens (tertiary/aromatic N) is 2. The molecular formula is C27H35N2O2+. The lowest BCUT2D eigenvalue weighted by atomic mass is 10.1. The molecule has 0 atom stereocenters. The zero-order valence-electron chi connectivity index (χ0n) is 18.7. The second-order valence-electron chi connectivity index (χ2n) is 8.33. The standard InChI is InChI=1S/C27H34N2O2/c1-2-3-4-5-6-7-11-14-26-28(21-23-12-9-8-10-13-23)19-20-29(26)22-24-15-17-25(18-16-24)27(30)31/h8-10,12-13,15-20H,2-7,11,14,21-22H2,1H3/p+1. The number of hydrogen-bond acceptors (Lipinski definition) is 1. The normalized spacial score (nSPS) is 11.0. The van der Waals surface area contributed by atoms with E-state index in [1.807, 2.05) is 12.1 Å². The highest BCUT2D eigenvalue weighted by atomic mass is 16.4. The molecule has 0 amide bonds. The Balaban J connectivity index is 1.69. The summed E-state index contributed by atoms with van der Waals surface area (Å²) in [5.74, 6) is 0.451. The van der Waals surface area contributed by atoms with E-state index in [0.717, 1.165) is 25.1 Å². The number of unbranched alkanes of at least 4 members (excludes halogenated alkanes) is 6. The number of aromatic carboxylic acids is 1. The summed E-state index contributed by atoms with van der Waals surface area (Å²) in [4.78, 5) is 11.1. The van der Waals surface area contributed by atoms with Crippen LogP contribution >= 0.6 is 0 Å². The van der Waals surface area contributed by atoms with Crippen LogP contribution in [0.1, 0.15) is 79.2 Å². The maximum atomic E-state index is 11.1. The van der Waals surface area contributed by atoms with Gasteiger partial charge in [-0.1, -0.05) is 87.9 Å². The minimum atomic E-state index is -0.882. The Hall–Kier alpha value is -2.88. The van der Waals surface area contributed by atoms with Crippen molar-refractivity contribution in [2.75, 3.05) is 0 Å². The third-order valence-corrected chi connectivity index (χ3v) is 5.84. The van der Waals surface area contributed by atoms with E-state index < -0.39 is 5.97 Å². The van der Waals surface area contributed by atoms with Crippen molar-refractivity contribution in [3.63, 3.8) is 0 Å². The van der Waals surface area contributed by atoms with Gasteiger partial charge in [-0.05, 0) is 29.7 Å². The predicted octanol–water partition coefficient (Wildman–Crippen LogP) is 5.86. The molecule has 2 aromatic carbocycles. The van der Waals surface area contributed by atoms with E-state index in [2.05, 4.69) is 58.8 Å². The van der Waals surface area contributed by atoms with Gasteiger partial charge in [0.2, 0.25) is 0 Å². The minimum absolute atomic E-state index is 0.332. The largest absolute Gasteiger partial charge is 0.478 e. The predicted molar refractivity (Wildman–Crippen MR) is 124 cm³/mol. The molecule has 0 saturated carbocycles. The minimum Gasteiger partial charge on any atom is -0.478 e. The van der Waals surface area contributed by atoms with Gasteiger partial charge in [-0.2, -0.15) is 0 Å². The van der Waals surface area contributed by atoms with Gasteiger partial charge in [0.15, 0.2) is 0 Å². The van der Waals surface area contributed by atoms with Crippen LogP contribution in [0.4, 0.5) is 0 Å². The fraction of sp³-hybridized carbons (Fsp3) is 0.407. The Labute approximate surface area is 186 Å². The summed E-state index contributed by atoms with van der Waals surface area (Å²) in [6, 6.07) is 17.8. The Morgan fingerprint density at radius 1 is 0.871 bits per heavy atom. The Morgan fingerprint density at radius 2 is 1.55 bits per heavy atom. The van der Waals surface area contributed by atoms with Crippen LogP contribution in [-0.4, -0.2) is 15.6 Å². The second-order valence-corrected chi connectivity index (χ2v) is 8.33. The van der Waals surface area contributed by atoms with E-state index in [1.54, 1.807) is 12.1 Å². The summed E-state index contributed by atoms with van der Waals surface area (Å²) in [7, 11) is 0. The summed E-state index contributed by atoms with van der Waals surface area (Å²) in [5, 5.41) is 9.13. The molecule has 4 nitrogen and oxygen atoms in total. The van der Waals surface area contributed by atoms with Crippen LogP contribution in [0.15, 0.2) is 67.0 Å². The summed E-state index contributed by atoms with van der Waals surface area (Å²) in [5.41, 5.74) is 2.75. The highest BCUT2D eigenvalue weighted by Crippen LogP contribution is 2.13. The molecule has 0 fully saturated rings. The molecule has 0 aliphatic carbocycles. The molecule has 4 heteroatoms. The number of imidazole rings is 1. The van der Waals surface area contributed by atoms with Crippen molar-refractivity contribution < 1.29 is 14.5 Å². The van der Waals surface area contributed by atoms with E-state index in [4.69, 9.17) is 5.11 Å². The Morgan fingerprint density at radius 3 is 2.23 bits per heavy atom. The van der Waals surface area contributed by atoms with Crippen molar-refractivity contribution in [3.8, 4) is 0 Å². The summed E-state index contributed by atoms with van der Waals surface area (Å²) < 4.78 is 4.67. The molecule has 0 bridgehead atoms. The van der Waals surface area contributed by atoms with Crippen molar-refractivity contribution in [1.29, 1.82) is 0 Å². The van der Waals surface area contributed by atoms with Crippen LogP contribution in [0.3, 0.4) is 0 Å². The monoisotopic (exact) mass is 419 g/mol. The number of aromatic nitrogens is 2. The maximum Gasteiger partial charge on any atom is 0.335 e. The van der Waals surface area contributed by atoms with Gasteiger partial charge in [0.25, 0.3) is 5.82 Å². The summed E-state index contributed by atoms with van der Waals surface area (Å²) in [6.45, 7) is 3.89. The van der Waals surface area contributed by atoms with Gasteiger partial charge >= 0.3 is 5.97 Å². The summed E-state index contributed by atoms with van der Waals surface area (Å²) >= 11 is 0. The van der Waals surface area contributed by atoms with Gasteiger partial charge in [0, 0.05) is 6.42 Å². The molecule has 0 radical (unpaired) electrons. The number of carbonyl (C=O) groups is 1. The molecule has 0 spiro atoms. The molecule has 0 aliphatic rings. The fourth-order valence-electron chi connectivity index (χ4n) is 4.04. The summed E-state index contributed by atoms with van der Waals surface area (Å²) in [6.07, 6.45) is 14.5. The fourth-order valence-corrected chi connectivity index (χ4v) is 4.04. The first-order valence-corrected chi connectivity index (χ1v) is 11.6. The maximum absolute atomic E-state index is 11.1. The van der Waals surface area contributed by atoms with Gasteiger partial charge in [0.1, 0.15) is 25.5 Å². The number of benzene rings is 2. The number of carboxylic acids is 1. The molecule has 164 valence electrons. The lowest BCUT2D eigenvalue weighted by Crippen LogP contribution is -2.38. The first-order chi connectivity index (χ1) is 15.2. The van der Waals surface area contributed by atoms with Gasteiger partial charge in [-0.25, -0.2) is 13.9 Å². The highest BCUT2D eigenvalue weighted by Gasteiger charge is 2.18. The van der Waals surface area contributed by atoms with Crippen molar-refractivity contribution in [2.24, 2.45) is 0 Å². The Kier molecular flexibility index (Phi) is 8.89. The van der Waals surface area contributed by atoms with E-state index in [0.29, 0.717) is 5.56 Å². The number of hydrogen-bond donors (Lipinski definition) is 1. The van der Waals surface area contributed by atoms with E-state index in [1.165, 1.54) is 56.3 Å². The van der Waals surface area contributed by atoms with Crippen molar-refractivity contribution in [3.05, 3.63) is 89.5 Å². The topological polar surface area (TPSA) is 46.1 Å². The van der Waals surface area contributed by atoms with E-state index >= 15 is 0 Å². The molecule has 1 aromatic heterocycles. The third-order valence-electron chi connectivity index (χ3n) is 5.84. The van der Waals surface area contributed by atoms with Gasteiger partial charge < -0.3 is 5.11 Å². The average molecular weight is 420 g/mol. The molecule has 0 unspecified atom stereocenters. The van der Waals surface area contributed by atoms with Gasteiger partial charge in [-0.15, -0.1) is 0 Å². The zero-order valence-corrected chi connectivity index (χ0v) is 18.7. The van der Waals surface area contributed by atoms with Crippen LogP contribution in [0, 0.1) is 0 Å². The van der Waals surface area contributed by atoms with Crippen molar-refractivity contribution in [2.45, 2.75) is 71.4 Å². The molecule has 0 aliphatic heterocycles. The lowest BCUT2D eigenvalue weighted by molar-refractivity contribution is -0.695. The molecule has 1 heterocycles. The third kappa shape index (κ3) is 7.09. The first-order valence-electron chi connectivity index (χ1n) is 11.6. The smallest absolute Gasteiger partial charge is 0.335 e. The van der Waals surface area contributed by atoms with Crippen molar-refractivity contribution in [1.82, 2.24) is 4.57 Å². The number of carboxylic acid groups (broad SMARTS) is 1. The highest BCUT2D eigenvalue weighted by molar-refractivity contribution is 5.87. The van der Waals surface area contributed by atoms with Crippen LogP contribution in [0.2, 0.25) is 0 Å². The molecule has 1 N–H and O–H groups in total. The van der Waals surface area contributed by atoms with Crippen LogP contribution in [0.25, 0.3) is 0 Å². The molecule has 31 heavy (non-hydrogen) atoms. The van der Waals surface area contributed by atoms with Gasteiger partial charge in [0.05, 0.1) is 5.56 Å². The van der Waals surface area contributed by atoms with Crippen LogP contribution < -0.4 is 4.57 Å². The van der Waals surface area contributed by atoms with E-state index in [-0.39, 0.29) is 0 Å². The average Bonchev–Trinajstić information content (AvgIpc) is 3.15. The van der Waals surface area contributed by atoms with Gasteiger partial charge in [-0.3, -0.25) is 0 Å². The molecular weight excluding hydrogens is 384 g/mol. The van der Waals surface area contributed by atoms with Crippen LogP contribution in [-0.2, 0) is 19.5 Å². The number of rotatable bonds is 13. The zero-order chi connectivity index (χ0) is 21.9. The molecule has 3 aromatic rings. The Bertz CT molecular complexity index is 930.